The lowest BCUT2D eigenvalue weighted by Crippen LogP contribution is -2.29. The van der Waals surface area contributed by atoms with Crippen molar-refractivity contribution in [3.8, 4) is 5.75 Å². The number of nitrogens with zero attached hydrogens (tertiary/aromatic N) is 1. The highest BCUT2D eigenvalue weighted by Gasteiger charge is 2.04. The molecule has 1 N–H and O–H groups in total. The highest BCUT2D eigenvalue weighted by molar-refractivity contribution is 5.85. The van der Waals surface area contributed by atoms with Crippen LogP contribution in [0.2, 0.25) is 0 Å². The van der Waals surface area contributed by atoms with Crippen LogP contribution in [0.3, 0.4) is 0 Å². The second-order valence-corrected chi connectivity index (χ2v) is 5.89. The first-order valence-corrected chi connectivity index (χ1v) is 8.86. The zero-order chi connectivity index (χ0) is 16.0. The number of hydrogen-bond donors (Lipinski definition) is 1. The smallest absolute Gasteiger partial charge is 0.123 e. The van der Waals surface area contributed by atoms with Crippen LogP contribution in [-0.2, 0) is 6.54 Å². The summed E-state index contributed by atoms with van der Waals surface area (Å²) in [5.41, 5.74) is 1.24. The Morgan fingerprint density at radius 3 is 2.08 bits per heavy atom. The summed E-state index contributed by atoms with van der Waals surface area (Å²) in [6.45, 7) is 10.2. The van der Waals surface area contributed by atoms with Gasteiger partial charge in [0.1, 0.15) is 5.75 Å². The van der Waals surface area contributed by atoms with Crippen LogP contribution in [0.5, 0.6) is 5.75 Å². The predicted octanol–water partition coefficient (Wildman–Crippen LogP) is 4.92. The van der Waals surface area contributed by atoms with E-state index in [-0.39, 0.29) is 24.8 Å². The molecule has 1 rings (SSSR count). The highest BCUT2D eigenvalue weighted by atomic mass is 35.5. The van der Waals surface area contributed by atoms with Crippen molar-refractivity contribution < 1.29 is 4.74 Å². The molecule has 0 fully saturated rings. The van der Waals surface area contributed by atoms with E-state index in [2.05, 4.69) is 36.2 Å². The van der Waals surface area contributed by atoms with Gasteiger partial charge in [-0.2, -0.15) is 0 Å². The summed E-state index contributed by atoms with van der Waals surface area (Å²) >= 11 is 0. The summed E-state index contributed by atoms with van der Waals surface area (Å²) in [5.74, 6) is 0.975. The summed E-state index contributed by atoms with van der Waals surface area (Å²) in [7, 11) is 1.73. The normalized spacial score (nSPS) is 10.2. The SMILES string of the molecule is CCCCN(CCCC)CCCNCc1ccccc1OC.Cl.Cl. The largest absolute Gasteiger partial charge is 0.496 e. The number of benzene rings is 1. The van der Waals surface area contributed by atoms with Gasteiger partial charge in [0.2, 0.25) is 0 Å². The third kappa shape index (κ3) is 11.1. The molecule has 24 heavy (non-hydrogen) atoms. The van der Waals surface area contributed by atoms with Gasteiger partial charge in [0.15, 0.2) is 0 Å². The van der Waals surface area contributed by atoms with Crippen LogP contribution in [0, 0.1) is 0 Å². The molecule has 5 heteroatoms. The van der Waals surface area contributed by atoms with Crippen molar-refractivity contribution in [2.75, 3.05) is 33.3 Å². The molecule has 0 atom stereocenters. The van der Waals surface area contributed by atoms with E-state index in [0.717, 1.165) is 18.8 Å². The first kappa shape index (κ1) is 25.8. The van der Waals surface area contributed by atoms with Gasteiger partial charge >= 0.3 is 0 Å². The van der Waals surface area contributed by atoms with Crippen LogP contribution in [0.15, 0.2) is 24.3 Å². The van der Waals surface area contributed by atoms with Crippen molar-refractivity contribution in [2.45, 2.75) is 52.5 Å². The minimum Gasteiger partial charge on any atom is -0.496 e. The van der Waals surface area contributed by atoms with E-state index in [9.17, 15) is 0 Å². The molecule has 0 bridgehead atoms. The second kappa shape index (κ2) is 17.3. The zero-order valence-corrected chi connectivity index (χ0v) is 17.2. The fraction of sp³-hybridized carbons (Fsp3) is 0.684. The van der Waals surface area contributed by atoms with Crippen molar-refractivity contribution in [3.63, 3.8) is 0 Å². The predicted molar refractivity (Wildman–Crippen MR) is 110 cm³/mol. The molecule has 0 radical (unpaired) electrons. The molecule has 0 unspecified atom stereocenters. The number of hydrogen-bond acceptors (Lipinski definition) is 3. The zero-order valence-electron chi connectivity index (χ0n) is 15.6. The first-order chi connectivity index (χ1) is 10.8. The molecule has 1 aromatic carbocycles. The Labute approximate surface area is 161 Å². The average molecular weight is 379 g/mol. The molecule has 0 amide bonds. The van der Waals surface area contributed by atoms with Gasteiger partial charge in [-0.3, -0.25) is 0 Å². The fourth-order valence-corrected chi connectivity index (χ4v) is 2.60. The Morgan fingerprint density at radius 2 is 1.50 bits per heavy atom. The average Bonchev–Trinajstić information content (AvgIpc) is 2.56. The van der Waals surface area contributed by atoms with Crippen molar-refractivity contribution >= 4 is 24.8 Å². The highest BCUT2D eigenvalue weighted by Crippen LogP contribution is 2.16. The molecular weight excluding hydrogens is 343 g/mol. The van der Waals surface area contributed by atoms with E-state index >= 15 is 0 Å². The van der Waals surface area contributed by atoms with Crippen LogP contribution in [0.1, 0.15) is 51.5 Å². The summed E-state index contributed by atoms with van der Waals surface area (Å²) in [5, 5.41) is 3.54. The standard InChI is InChI=1S/C19H34N2O.2ClH/c1-4-6-14-21(15-7-5-2)16-10-13-20-17-18-11-8-9-12-19(18)22-3;;/h8-9,11-12,20H,4-7,10,13-17H2,1-3H3;2*1H. The lowest BCUT2D eigenvalue weighted by Gasteiger charge is -2.22. The molecule has 0 spiro atoms. The number of para-hydroxylation sites is 1. The molecule has 0 heterocycles. The Hall–Kier alpha value is -0.480. The maximum Gasteiger partial charge on any atom is 0.123 e. The van der Waals surface area contributed by atoms with Gasteiger partial charge < -0.3 is 15.0 Å². The van der Waals surface area contributed by atoms with Gasteiger partial charge in [0, 0.05) is 12.1 Å². The summed E-state index contributed by atoms with van der Waals surface area (Å²) in [6.07, 6.45) is 6.42. The van der Waals surface area contributed by atoms with Gasteiger partial charge in [-0.1, -0.05) is 44.9 Å². The number of ether oxygens (including phenoxy) is 1. The lowest BCUT2D eigenvalue weighted by atomic mass is 10.2. The molecule has 0 saturated carbocycles. The topological polar surface area (TPSA) is 24.5 Å². The third-order valence-electron chi connectivity index (χ3n) is 3.99. The second-order valence-electron chi connectivity index (χ2n) is 5.89. The first-order valence-electron chi connectivity index (χ1n) is 8.86. The minimum atomic E-state index is 0. The minimum absolute atomic E-state index is 0. The van der Waals surface area contributed by atoms with Gasteiger partial charge in [-0.15, -0.1) is 24.8 Å². The number of halogens is 2. The molecule has 0 aliphatic carbocycles. The lowest BCUT2D eigenvalue weighted by molar-refractivity contribution is 0.261. The maximum absolute atomic E-state index is 5.38. The molecule has 0 aliphatic heterocycles. The Morgan fingerprint density at radius 1 is 0.917 bits per heavy atom. The maximum atomic E-state index is 5.38. The molecule has 0 aliphatic rings. The van der Waals surface area contributed by atoms with Crippen LogP contribution in [-0.4, -0.2) is 38.2 Å². The van der Waals surface area contributed by atoms with Gasteiger partial charge in [0.25, 0.3) is 0 Å². The Bertz CT molecular complexity index is 383. The number of methoxy groups -OCH3 is 1. The number of unbranched alkanes of at least 4 members (excludes halogenated alkanes) is 2. The van der Waals surface area contributed by atoms with E-state index in [1.54, 1.807) is 7.11 Å². The van der Waals surface area contributed by atoms with Crippen LogP contribution >= 0.6 is 24.8 Å². The van der Waals surface area contributed by atoms with Crippen LogP contribution in [0.4, 0.5) is 0 Å². The number of nitrogens with one attached hydrogen (secondary N) is 1. The van der Waals surface area contributed by atoms with E-state index < -0.39 is 0 Å². The van der Waals surface area contributed by atoms with Crippen LogP contribution < -0.4 is 10.1 Å². The van der Waals surface area contributed by atoms with Gasteiger partial charge in [0.05, 0.1) is 7.11 Å². The molecule has 3 nitrogen and oxygen atoms in total. The molecule has 0 saturated heterocycles. The van der Waals surface area contributed by atoms with Crippen LogP contribution in [0.25, 0.3) is 0 Å². The summed E-state index contributed by atoms with van der Waals surface area (Å²) < 4.78 is 5.38. The van der Waals surface area contributed by atoms with E-state index in [1.807, 2.05) is 12.1 Å². The third-order valence-corrected chi connectivity index (χ3v) is 3.99. The summed E-state index contributed by atoms with van der Waals surface area (Å²) in [4.78, 5) is 2.62. The van der Waals surface area contributed by atoms with E-state index in [1.165, 1.54) is 57.3 Å². The van der Waals surface area contributed by atoms with E-state index in [0.29, 0.717) is 0 Å². The molecule has 0 aromatic heterocycles. The van der Waals surface area contributed by atoms with Crippen molar-refractivity contribution in [1.29, 1.82) is 0 Å². The van der Waals surface area contributed by atoms with Crippen molar-refractivity contribution in [3.05, 3.63) is 29.8 Å². The fourth-order valence-electron chi connectivity index (χ4n) is 2.60. The number of rotatable bonds is 13. The van der Waals surface area contributed by atoms with Crippen molar-refractivity contribution in [1.82, 2.24) is 10.2 Å². The van der Waals surface area contributed by atoms with Crippen molar-refractivity contribution in [2.24, 2.45) is 0 Å². The van der Waals surface area contributed by atoms with Gasteiger partial charge in [-0.05, 0) is 51.5 Å². The summed E-state index contributed by atoms with van der Waals surface area (Å²) in [6, 6.07) is 8.23. The molecular formula is C19H36Cl2N2O. The molecule has 1 aromatic rings. The Kier molecular flexibility index (Phi) is 18.6. The van der Waals surface area contributed by atoms with E-state index in [4.69, 9.17) is 4.74 Å². The van der Waals surface area contributed by atoms with Gasteiger partial charge in [-0.25, -0.2) is 0 Å². The quantitative estimate of drug-likeness (QED) is 0.492. The monoisotopic (exact) mass is 378 g/mol. The Balaban J connectivity index is 0. The molecule has 142 valence electrons.